The smallest absolute Gasteiger partial charge is 0.317 e. The summed E-state index contributed by atoms with van der Waals surface area (Å²) >= 11 is 0. The quantitative estimate of drug-likeness (QED) is 0.816. The summed E-state index contributed by atoms with van der Waals surface area (Å²) in [5.41, 5.74) is 2.55. The molecule has 0 spiro atoms. The number of nitrogens with zero attached hydrogens (tertiary/aromatic N) is 2. The monoisotopic (exact) mass is 343 g/mol. The first kappa shape index (κ1) is 18.2. The van der Waals surface area contributed by atoms with E-state index in [4.69, 9.17) is 0 Å². The topological polar surface area (TPSA) is 35.6 Å². The van der Waals surface area contributed by atoms with E-state index in [2.05, 4.69) is 48.3 Å². The highest BCUT2D eigenvalue weighted by Gasteiger charge is 2.25. The number of hydrogen-bond acceptors (Lipinski definition) is 2. The summed E-state index contributed by atoms with van der Waals surface area (Å²) in [5, 5.41) is 3.09. The van der Waals surface area contributed by atoms with Crippen LogP contribution in [0.15, 0.2) is 24.3 Å². The van der Waals surface area contributed by atoms with Gasteiger partial charge in [0.15, 0.2) is 0 Å². The van der Waals surface area contributed by atoms with Crippen LogP contribution >= 0.6 is 0 Å². The summed E-state index contributed by atoms with van der Waals surface area (Å²) in [6, 6.07) is 8.75. The Hall–Kier alpha value is -1.55. The molecule has 1 aliphatic heterocycles. The van der Waals surface area contributed by atoms with Crippen LogP contribution in [-0.4, -0.2) is 42.0 Å². The maximum atomic E-state index is 12.3. The maximum Gasteiger partial charge on any atom is 0.317 e. The summed E-state index contributed by atoms with van der Waals surface area (Å²) in [5.74, 6) is 1.61. The minimum Gasteiger partial charge on any atom is -0.334 e. The normalized spacial score (nSPS) is 19.0. The van der Waals surface area contributed by atoms with E-state index in [1.54, 1.807) is 0 Å². The Morgan fingerprint density at radius 2 is 1.92 bits per heavy atom. The second-order valence-corrected chi connectivity index (χ2v) is 7.92. The molecule has 1 saturated carbocycles. The minimum absolute atomic E-state index is 0.0739. The fourth-order valence-electron chi connectivity index (χ4n) is 3.57. The highest BCUT2D eigenvalue weighted by atomic mass is 16.2. The van der Waals surface area contributed by atoms with Gasteiger partial charge in [0, 0.05) is 26.2 Å². The lowest BCUT2D eigenvalue weighted by Crippen LogP contribution is -2.40. The van der Waals surface area contributed by atoms with Crippen LogP contribution in [0, 0.1) is 11.8 Å². The summed E-state index contributed by atoms with van der Waals surface area (Å²) in [4.78, 5) is 16.8. The number of rotatable bonds is 7. The molecule has 2 amide bonds. The van der Waals surface area contributed by atoms with Gasteiger partial charge in [-0.2, -0.15) is 0 Å². The van der Waals surface area contributed by atoms with Crippen molar-refractivity contribution in [3.05, 3.63) is 35.4 Å². The molecule has 25 heavy (non-hydrogen) atoms. The molecular weight excluding hydrogens is 310 g/mol. The van der Waals surface area contributed by atoms with E-state index in [1.807, 2.05) is 4.90 Å². The zero-order valence-electron chi connectivity index (χ0n) is 15.8. The van der Waals surface area contributed by atoms with Crippen molar-refractivity contribution in [2.24, 2.45) is 11.8 Å². The Balaban J connectivity index is 1.48. The Bertz CT molecular complexity index is 562. The van der Waals surface area contributed by atoms with Crippen molar-refractivity contribution in [1.29, 1.82) is 0 Å². The Kier molecular flexibility index (Phi) is 6.35. The average Bonchev–Trinajstić information content (AvgIpc) is 3.44. The zero-order chi connectivity index (χ0) is 17.6. The second-order valence-electron chi connectivity index (χ2n) is 7.92. The Morgan fingerprint density at radius 3 is 2.60 bits per heavy atom. The van der Waals surface area contributed by atoms with Crippen LogP contribution in [0.25, 0.3) is 0 Å². The fourth-order valence-corrected chi connectivity index (χ4v) is 3.57. The SMILES string of the molecule is CCN(CC1CC1)C(=O)NCc1cccc(CN2CCC(C)CC2)c1. The van der Waals surface area contributed by atoms with Crippen LogP contribution in [-0.2, 0) is 13.1 Å². The predicted octanol–water partition coefficient (Wildman–Crippen LogP) is 3.86. The van der Waals surface area contributed by atoms with Crippen molar-refractivity contribution >= 4 is 6.03 Å². The molecule has 138 valence electrons. The Morgan fingerprint density at radius 1 is 1.20 bits per heavy atom. The van der Waals surface area contributed by atoms with Gasteiger partial charge >= 0.3 is 6.03 Å². The van der Waals surface area contributed by atoms with Crippen molar-refractivity contribution in [2.45, 2.75) is 52.6 Å². The molecule has 0 unspecified atom stereocenters. The van der Waals surface area contributed by atoms with Gasteiger partial charge in [0.05, 0.1) is 0 Å². The van der Waals surface area contributed by atoms with Gasteiger partial charge in [-0.15, -0.1) is 0 Å². The number of carbonyl (C=O) groups excluding carboxylic acids is 1. The van der Waals surface area contributed by atoms with Crippen LogP contribution in [0.5, 0.6) is 0 Å². The van der Waals surface area contributed by atoms with Gasteiger partial charge in [-0.1, -0.05) is 31.2 Å². The van der Waals surface area contributed by atoms with Gasteiger partial charge in [-0.3, -0.25) is 4.90 Å². The number of nitrogens with one attached hydrogen (secondary N) is 1. The molecule has 1 aromatic rings. The van der Waals surface area contributed by atoms with Crippen molar-refractivity contribution < 1.29 is 4.79 Å². The lowest BCUT2D eigenvalue weighted by Gasteiger charge is -2.30. The third-order valence-corrected chi connectivity index (χ3v) is 5.56. The molecule has 1 heterocycles. The highest BCUT2D eigenvalue weighted by Crippen LogP contribution is 2.29. The maximum absolute atomic E-state index is 12.3. The minimum atomic E-state index is 0.0739. The van der Waals surface area contributed by atoms with E-state index < -0.39 is 0 Å². The van der Waals surface area contributed by atoms with E-state index in [0.29, 0.717) is 6.54 Å². The van der Waals surface area contributed by atoms with Crippen molar-refractivity contribution in [3.63, 3.8) is 0 Å². The van der Waals surface area contributed by atoms with Crippen molar-refractivity contribution in [2.75, 3.05) is 26.2 Å². The molecule has 0 radical (unpaired) electrons. The van der Waals surface area contributed by atoms with Gasteiger partial charge < -0.3 is 10.2 Å². The molecule has 0 aromatic heterocycles. The number of piperidine rings is 1. The van der Waals surface area contributed by atoms with E-state index in [9.17, 15) is 4.79 Å². The molecule has 1 saturated heterocycles. The summed E-state index contributed by atoms with van der Waals surface area (Å²) < 4.78 is 0. The molecule has 4 heteroatoms. The molecule has 2 aliphatic rings. The molecule has 3 rings (SSSR count). The average molecular weight is 344 g/mol. The molecule has 0 bridgehead atoms. The van der Waals surface area contributed by atoms with Crippen LogP contribution < -0.4 is 5.32 Å². The van der Waals surface area contributed by atoms with Gasteiger partial charge in [0.2, 0.25) is 0 Å². The van der Waals surface area contributed by atoms with Crippen molar-refractivity contribution in [3.8, 4) is 0 Å². The van der Waals surface area contributed by atoms with E-state index in [-0.39, 0.29) is 6.03 Å². The van der Waals surface area contributed by atoms with E-state index >= 15 is 0 Å². The zero-order valence-corrected chi connectivity index (χ0v) is 15.8. The number of carbonyl (C=O) groups is 1. The molecule has 0 atom stereocenters. The van der Waals surface area contributed by atoms with Crippen LogP contribution in [0.2, 0.25) is 0 Å². The van der Waals surface area contributed by atoms with Gasteiger partial charge in [-0.05, 0) is 68.7 Å². The molecule has 2 fully saturated rings. The standard InChI is InChI=1S/C21H33N3O/c1-3-24(16-18-7-8-18)21(25)22-14-19-5-4-6-20(13-19)15-23-11-9-17(2)10-12-23/h4-6,13,17-18H,3,7-12,14-16H2,1-2H3,(H,22,25). The van der Waals surface area contributed by atoms with E-state index in [0.717, 1.165) is 31.5 Å². The number of urea groups is 1. The molecule has 1 aromatic carbocycles. The predicted molar refractivity (Wildman–Crippen MR) is 102 cm³/mol. The summed E-state index contributed by atoms with van der Waals surface area (Å²) in [7, 11) is 0. The van der Waals surface area contributed by atoms with Gasteiger partial charge in [0.1, 0.15) is 0 Å². The summed E-state index contributed by atoms with van der Waals surface area (Å²) in [6.07, 6.45) is 5.18. The molecule has 4 nitrogen and oxygen atoms in total. The lowest BCUT2D eigenvalue weighted by molar-refractivity contribution is 0.185. The number of likely N-dealkylation sites (tertiary alicyclic amines) is 1. The van der Waals surface area contributed by atoms with E-state index in [1.165, 1.54) is 49.9 Å². The first-order chi connectivity index (χ1) is 12.1. The molecule has 1 N–H and O–H groups in total. The number of benzene rings is 1. The first-order valence-electron chi connectivity index (χ1n) is 9.97. The van der Waals surface area contributed by atoms with Crippen LogP contribution in [0.3, 0.4) is 0 Å². The molecular formula is C21H33N3O. The Labute approximate surface area is 152 Å². The third-order valence-electron chi connectivity index (χ3n) is 5.56. The van der Waals surface area contributed by atoms with Crippen LogP contribution in [0.4, 0.5) is 4.79 Å². The highest BCUT2D eigenvalue weighted by molar-refractivity contribution is 5.74. The van der Waals surface area contributed by atoms with Crippen molar-refractivity contribution in [1.82, 2.24) is 15.1 Å². The second kappa shape index (κ2) is 8.70. The third kappa shape index (κ3) is 5.74. The van der Waals surface area contributed by atoms with Gasteiger partial charge in [-0.25, -0.2) is 4.79 Å². The largest absolute Gasteiger partial charge is 0.334 e. The number of hydrogen-bond donors (Lipinski definition) is 1. The first-order valence-corrected chi connectivity index (χ1v) is 9.97. The lowest BCUT2D eigenvalue weighted by atomic mass is 9.98. The number of amides is 2. The molecule has 1 aliphatic carbocycles. The van der Waals surface area contributed by atoms with Crippen LogP contribution in [0.1, 0.15) is 50.7 Å². The van der Waals surface area contributed by atoms with Gasteiger partial charge in [0.25, 0.3) is 0 Å². The fraction of sp³-hybridized carbons (Fsp3) is 0.667. The summed E-state index contributed by atoms with van der Waals surface area (Å²) in [6.45, 7) is 10.2.